The van der Waals surface area contributed by atoms with Gasteiger partial charge in [-0.25, -0.2) is 0 Å². The van der Waals surface area contributed by atoms with Crippen LogP contribution in [-0.4, -0.2) is 99.5 Å². The maximum atomic E-state index is 14.4. The molecule has 0 saturated carbocycles. The fraction of sp³-hybridized carbons (Fsp3) is 0.588. The van der Waals surface area contributed by atoms with E-state index in [1.54, 1.807) is 6.07 Å². The number of nitrogens with zero attached hydrogens (tertiary/aromatic N) is 7. The Kier molecular flexibility index (Phi) is 7.92. The lowest BCUT2D eigenvalue weighted by molar-refractivity contribution is 0.249. The van der Waals surface area contributed by atoms with E-state index >= 15 is 0 Å². The second-order valence-corrected chi connectivity index (χ2v) is 13.7. The minimum Gasteiger partial charge on any atom is -0.494 e. The summed E-state index contributed by atoms with van der Waals surface area (Å²) in [4.78, 5) is 57.0. The molecule has 1 aromatic heterocycles. The third-order valence-electron chi connectivity index (χ3n) is 10.7. The first-order chi connectivity index (χ1) is 22.5. The van der Waals surface area contributed by atoms with Crippen molar-refractivity contribution in [3.05, 3.63) is 48.6 Å². The van der Waals surface area contributed by atoms with Crippen LogP contribution in [0.15, 0.2) is 31.5 Å². The van der Waals surface area contributed by atoms with Crippen molar-refractivity contribution in [1.82, 2.24) is 28.7 Å². The van der Waals surface area contributed by atoms with Gasteiger partial charge in [0, 0.05) is 22.0 Å². The summed E-state index contributed by atoms with van der Waals surface area (Å²) in [5.74, 6) is -0.137. The van der Waals surface area contributed by atoms with Gasteiger partial charge in [-0.2, -0.15) is 0 Å². The van der Waals surface area contributed by atoms with E-state index in [1.165, 1.54) is 9.13 Å². The number of hydrogen-bond acceptors (Lipinski definition) is 10. The number of rotatable bonds is 9. The van der Waals surface area contributed by atoms with Gasteiger partial charge in [0.05, 0.1) is 48.4 Å². The van der Waals surface area contributed by atoms with Gasteiger partial charge in [-0.15, -0.1) is 0 Å². The Labute approximate surface area is 267 Å². The zero-order chi connectivity index (χ0) is 31.4. The van der Waals surface area contributed by atoms with Gasteiger partial charge in [-0.3, -0.25) is 48.1 Å². The maximum absolute atomic E-state index is 14.4. The predicted octanol–water partition coefficient (Wildman–Crippen LogP) is 1.89. The summed E-state index contributed by atoms with van der Waals surface area (Å²) in [5.41, 5.74) is 0.319. The molecule has 0 unspecified atom stereocenters. The third kappa shape index (κ3) is 5.15. The zero-order valence-corrected chi connectivity index (χ0v) is 26.6. The molecule has 0 spiro atoms. The molecule has 4 fully saturated rings. The van der Waals surface area contributed by atoms with E-state index in [1.807, 2.05) is 6.07 Å². The number of anilines is 1. The van der Waals surface area contributed by atoms with Crippen LogP contribution in [0, 0.1) is 0 Å². The highest BCUT2D eigenvalue weighted by Crippen LogP contribution is 2.41. The number of hydrogen-bond donors (Lipinski definition) is 2. The van der Waals surface area contributed by atoms with Gasteiger partial charge in [0.25, 0.3) is 16.7 Å². The van der Waals surface area contributed by atoms with Crippen LogP contribution in [-0.2, 0) is 13.3 Å². The monoisotopic (exact) mass is 628 g/mol. The average Bonchev–Trinajstić information content (AvgIpc) is 3.90. The lowest BCUT2D eigenvalue weighted by Crippen LogP contribution is -2.41. The first kappa shape index (κ1) is 29.8. The predicted molar refractivity (Wildman–Crippen MR) is 179 cm³/mol. The summed E-state index contributed by atoms with van der Waals surface area (Å²) in [5, 5.41) is 17.5. The summed E-state index contributed by atoms with van der Waals surface area (Å²) in [7, 11) is 0. The van der Waals surface area contributed by atoms with Gasteiger partial charge >= 0.3 is 0 Å². The summed E-state index contributed by atoms with van der Waals surface area (Å²) in [6.45, 7) is 8.74. The summed E-state index contributed by atoms with van der Waals surface area (Å²) in [6, 6.07) is 3.57. The smallest absolute Gasteiger partial charge is 0.264 e. The fourth-order valence-electron chi connectivity index (χ4n) is 8.16. The molecule has 8 rings (SSSR count). The van der Waals surface area contributed by atoms with E-state index in [9.17, 15) is 19.5 Å². The van der Waals surface area contributed by atoms with Crippen LogP contribution in [0.3, 0.4) is 0 Å². The normalized spacial score (nSPS) is 21.0. The minimum absolute atomic E-state index is 0.137. The first-order valence-electron chi connectivity index (χ1n) is 17.2. The van der Waals surface area contributed by atoms with Crippen molar-refractivity contribution in [3.63, 3.8) is 0 Å². The molecule has 0 radical (unpaired) electrons. The molecule has 6 aliphatic rings. The largest absolute Gasteiger partial charge is 0.494 e. The Bertz CT molecular complexity index is 1950. The van der Waals surface area contributed by atoms with E-state index in [2.05, 4.69) is 24.9 Å². The van der Waals surface area contributed by atoms with E-state index in [0.717, 1.165) is 104 Å². The van der Waals surface area contributed by atoms with E-state index in [-0.39, 0.29) is 35.9 Å². The minimum atomic E-state index is -0.373. The quantitative estimate of drug-likeness (QED) is 0.268. The molecule has 244 valence electrons. The Morgan fingerprint density at radius 2 is 1.17 bits per heavy atom. The van der Waals surface area contributed by atoms with Crippen molar-refractivity contribution in [1.29, 1.82) is 0 Å². The number of likely N-dealkylation sites (tertiary alicyclic amines) is 4. The summed E-state index contributed by atoms with van der Waals surface area (Å²) in [6.07, 6.45) is 8.70. The van der Waals surface area contributed by atoms with Crippen LogP contribution in [0.2, 0.25) is 0 Å². The molecule has 46 heavy (non-hydrogen) atoms. The Balaban J connectivity index is 1.42. The Hall–Kier alpha value is -3.58. The van der Waals surface area contributed by atoms with Gasteiger partial charge in [0.1, 0.15) is 0 Å². The first-order valence-corrected chi connectivity index (χ1v) is 17.2. The van der Waals surface area contributed by atoms with Crippen molar-refractivity contribution >= 4 is 27.2 Å². The second kappa shape index (κ2) is 12.2. The van der Waals surface area contributed by atoms with Crippen molar-refractivity contribution < 1.29 is 5.11 Å². The van der Waals surface area contributed by atoms with Crippen molar-refractivity contribution in [2.45, 2.75) is 64.7 Å². The van der Waals surface area contributed by atoms with E-state index < -0.39 is 0 Å². The summed E-state index contributed by atoms with van der Waals surface area (Å²) >= 11 is 0. The van der Waals surface area contributed by atoms with Crippen LogP contribution >= 0.6 is 0 Å². The van der Waals surface area contributed by atoms with Crippen LogP contribution in [0.25, 0.3) is 32.7 Å². The van der Waals surface area contributed by atoms with E-state index in [4.69, 9.17) is 4.99 Å². The number of pyridine rings is 2. The molecular weight excluding hydrogens is 584 g/mol. The highest BCUT2D eigenvalue weighted by Gasteiger charge is 2.30. The molecule has 5 aliphatic heterocycles. The van der Waals surface area contributed by atoms with Gasteiger partial charge in [-0.1, -0.05) is 0 Å². The zero-order valence-electron chi connectivity index (χ0n) is 26.6. The van der Waals surface area contributed by atoms with Crippen LogP contribution in [0.1, 0.15) is 51.4 Å². The van der Waals surface area contributed by atoms with Crippen LogP contribution in [0.4, 0.5) is 5.69 Å². The molecule has 12 nitrogen and oxygen atoms in total. The Morgan fingerprint density at radius 1 is 0.630 bits per heavy atom. The summed E-state index contributed by atoms with van der Waals surface area (Å²) < 4.78 is 2.82. The molecule has 1 aromatic carbocycles. The highest BCUT2D eigenvalue weighted by molar-refractivity contribution is 6.18. The number of nitrogens with one attached hydrogen (secondary N) is 1. The molecule has 0 bridgehead atoms. The lowest BCUT2D eigenvalue weighted by Gasteiger charge is -2.25. The highest BCUT2D eigenvalue weighted by atomic mass is 16.3. The third-order valence-corrected chi connectivity index (χ3v) is 10.7. The Morgan fingerprint density at radius 3 is 1.80 bits per heavy atom. The number of benzene rings is 2. The molecule has 4 saturated heterocycles. The molecule has 2 N–H and O–H groups in total. The van der Waals surface area contributed by atoms with Gasteiger partial charge in [0.15, 0.2) is 0 Å². The fourth-order valence-corrected chi connectivity index (χ4v) is 8.16. The SMILES string of the molecule is O=c1c2c(=NCN3CCCC3)cc3c(=O)n(CN4CCCC4)c(=O)c4c(NCN5CCCC5)cc(c(O)n1CN1CCCC1)c2c4-3. The van der Waals surface area contributed by atoms with Gasteiger partial charge in [0.2, 0.25) is 5.88 Å². The van der Waals surface area contributed by atoms with Crippen molar-refractivity contribution in [2.24, 2.45) is 4.99 Å². The molecule has 0 amide bonds. The van der Waals surface area contributed by atoms with Crippen LogP contribution in [0.5, 0.6) is 5.88 Å². The maximum Gasteiger partial charge on any atom is 0.264 e. The standard InChI is InChI=1S/C34H44N8O4/c43-31-23-17-25(35-19-37-9-1-2-10-37)29-27-24(32(44)41(33(29)45)21-39-13-5-6-14-39)18-26(36-20-38-11-3-4-12-38)30(28(23)27)34(46)42(31)22-40-15-7-8-16-40/h17-18,35,43H,1-16,19-22H2. The molecule has 6 heterocycles. The molecular formula is C34H44N8O4. The van der Waals surface area contributed by atoms with Crippen molar-refractivity contribution in [2.75, 3.05) is 71.0 Å². The van der Waals surface area contributed by atoms with Crippen LogP contribution < -0.4 is 27.4 Å². The van der Waals surface area contributed by atoms with Crippen molar-refractivity contribution in [3.8, 4) is 17.0 Å². The van der Waals surface area contributed by atoms with Gasteiger partial charge < -0.3 is 10.4 Å². The average molecular weight is 629 g/mol. The molecule has 2 aromatic rings. The molecule has 0 atom stereocenters. The second-order valence-electron chi connectivity index (χ2n) is 13.7. The number of aromatic nitrogens is 2. The van der Waals surface area contributed by atoms with Gasteiger partial charge in [-0.05, 0) is 116 Å². The van der Waals surface area contributed by atoms with E-state index in [0.29, 0.717) is 57.1 Å². The molecule has 1 aliphatic carbocycles. The number of aromatic hydroxyl groups is 1. The lowest BCUT2D eigenvalue weighted by atomic mass is 9.89. The topological polar surface area (TPSA) is 119 Å². The molecule has 12 heteroatoms.